The van der Waals surface area contributed by atoms with Crippen LogP contribution in [0.25, 0.3) is 0 Å². The van der Waals surface area contributed by atoms with Crippen molar-refractivity contribution in [3.8, 4) is 0 Å². The second-order valence-electron chi connectivity index (χ2n) is 7.26. The van der Waals surface area contributed by atoms with Crippen LogP contribution in [0.1, 0.15) is 40.0 Å². The molecule has 1 heterocycles. The third-order valence-corrected chi connectivity index (χ3v) is 4.65. The molecule has 0 bridgehead atoms. The van der Waals surface area contributed by atoms with Gasteiger partial charge in [0.05, 0.1) is 6.04 Å². The van der Waals surface area contributed by atoms with Crippen LogP contribution in [0, 0.1) is 17.8 Å². The van der Waals surface area contributed by atoms with Gasteiger partial charge in [-0.2, -0.15) is 0 Å². The second-order valence-corrected chi connectivity index (χ2v) is 7.26. The van der Waals surface area contributed by atoms with Crippen molar-refractivity contribution in [3.05, 3.63) is 0 Å². The van der Waals surface area contributed by atoms with Gasteiger partial charge in [-0.15, -0.1) is 0 Å². The maximum atomic E-state index is 12.1. The molecule has 2 N–H and O–H groups in total. The summed E-state index contributed by atoms with van der Waals surface area (Å²) in [5, 5.41) is 6.17. The molecule has 0 aromatic rings. The summed E-state index contributed by atoms with van der Waals surface area (Å²) in [5.74, 6) is 1.02. The van der Waals surface area contributed by atoms with E-state index >= 15 is 0 Å². The number of hydrogen-bond acceptors (Lipinski definition) is 3. The van der Waals surface area contributed by atoms with E-state index < -0.39 is 0 Å². The van der Waals surface area contributed by atoms with E-state index in [-0.39, 0.29) is 23.7 Å². The molecule has 2 amide bonds. The molecule has 1 aliphatic heterocycles. The van der Waals surface area contributed by atoms with E-state index in [1.54, 1.807) is 0 Å². The zero-order chi connectivity index (χ0) is 15.6. The molecular weight excluding hydrogens is 266 g/mol. The predicted molar refractivity (Wildman–Crippen MR) is 82.7 cm³/mol. The topological polar surface area (TPSA) is 61.4 Å². The van der Waals surface area contributed by atoms with Crippen LogP contribution in [-0.2, 0) is 9.59 Å². The van der Waals surface area contributed by atoms with Crippen molar-refractivity contribution in [3.63, 3.8) is 0 Å². The largest absolute Gasteiger partial charge is 0.353 e. The van der Waals surface area contributed by atoms with Gasteiger partial charge in [0.25, 0.3) is 0 Å². The smallest absolute Gasteiger partial charge is 0.223 e. The van der Waals surface area contributed by atoms with Crippen molar-refractivity contribution in [2.24, 2.45) is 17.8 Å². The molecule has 2 fully saturated rings. The zero-order valence-electron chi connectivity index (χ0n) is 13.7. The highest BCUT2D eigenvalue weighted by Crippen LogP contribution is 2.33. The van der Waals surface area contributed by atoms with E-state index in [0.29, 0.717) is 18.0 Å². The fourth-order valence-electron chi connectivity index (χ4n) is 3.15. The first kappa shape index (κ1) is 16.3. The van der Waals surface area contributed by atoms with Gasteiger partial charge in [-0.25, -0.2) is 0 Å². The monoisotopic (exact) mass is 295 g/mol. The third kappa shape index (κ3) is 4.43. The summed E-state index contributed by atoms with van der Waals surface area (Å²) in [4.78, 5) is 25.9. The minimum absolute atomic E-state index is 0.0503. The maximum Gasteiger partial charge on any atom is 0.223 e. The standard InChI is InChI=1S/C16H29N3O2/c1-10(2)15(20)17-13-6-12(7-13)5-11(3)16(21)18-14-8-19(4)9-14/h10-14H,5-9H2,1-4H3,(H,17,20)(H,18,21). The molecule has 0 radical (unpaired) electrons. The number of likely N-dealkylation sites (tertiary alicyclic amines) is 1. The first-order valence-corrected chi connectivity index (χ1v) is 8.14. The van der Waals surface area contributed by atoms with E-state index in [1.165, 1.54) is 0 Å². The number of likely N-dealkylation sites (N-methyl/N-ethyl adjacent to an activating group) is 1. The summed E-state index contributed by atoms with van der Waals surface area (Å²) in [6, 6.07) is 0.657. The predicted octanol–water partition coefficient (Wildman–Crippen LogP) is 0.994. The number of hydrogen-bond donors (Lipinski definition) is 2. The molecule has 5 nitrogen and oxygen atoms in total. The lowest BCUT2D eigenvalue weighted by Crippen LogP contribution is -2.58. The Balaban J connectivity index is 1.60. The van der Waals surface area contributed by atoms with Crippen molar-refractivity contribution in [2.75, 3.05) is 20.1 Å². The van der Waals surface area contributed by atoms with Crippen molar-refractivity contribution in [1.82, 2.24) is 15.5 Å². The summed E-state index contributed by atoms with van der Waals surface area (Å²) >= 11 is 0. The Labute approximate surface area is 127 Å². The van der Waals surface area contributed by atoms with E-state index in [2.05, 4.69) is 22.6 Å². The average Bonchev–Trinajstić information content (AvgIpc) is 2.33. The van der Waals surface area contributed by atoms with Crippen LogP contribution in [0.5, 0.6) is 0 Å². The summed E-state index contributed by atoms with van der Waals surface area (Å²) in [6.45, 7) is 7.76. The fraction of sp³-hybridized carbons (Fsp3) is 0.875. The van der Waals surface area contributed by atoms with Crippen LogP contribution >= 0.6 is 0 Å². The lowest BCUT2D eigenvalue weighted by atomic mass is 9.75. The van der Waals surface area contributed by atoms with Gasteiger partial charge in [0.15, 0.2) is 0 Å². The Kier molecular flexibility index (Phi) is 5.25. The normalized spacial score (nSPS) is 27.7. The second kappa shape index (κ2) is 6.77. The molecule has 0 spiro atoms. The van der Waals surface area contributed by atoms with Gasteiger partial charge in [-0.3, -0.25) is 9.59 Å². The summed E-state index contributed by atoms with van der Waals surface area (Å²) in [5.41, 5.74) is 0. The summed E-state index contributed by atoms with van der Waals surface area (Å²) in [6.07, 6.45) is 2.97. The molecule has 120 valence electrons. The third-order valence-electron chi connectivity index (χ3n) is 4.65. The van der Waals surface area contributed by atoms with Crippen molar-refractivity contribution in [2.45, 2.75) is 52.1 Å². The lowest BCUT2D eigenvalue weighted by Gasteiger charge is -2.39. The summed E-state index contributed by atoms with van der Waals surface area (Å²) in [7, 11) is 2.06. The van der Waals surface area contributed by atoms with Crippen LogP contribution in [0.15, 0.2) is 0 Å². The number of carbonyl (C=O) groups is 2. The lowest BCUT2D eigenvalue weighted by molar-refractivity contribution is -0.128. The zero-order valence-corrected chi connectivity index (χ0v) is 13.7. The molecule has 1 aliphatic carbocycles. The highest BCUT2D eigenvalue weighted by atomic mass is 16.2. The SMILES string of the molecule is CC(C)C(=O)NC1CC(CC(C)C(=O)NC2CN(C)C2)C1. The number of nitrogens with one attached hydrogen (secondary N) is 2. The van der Waals surface area contributed by atoms with Gasteiger partial charge >= 0.3 is 0 Å². The van der Waals surface area contributed by atoms with Gasteiger partial charge in [-0.1, -0.05) is 20.8 Å². The van der Waals surface area contributed by atoms with Gasteiger partial charge < -0.3 is 15.5 Å². The molecule has 0 aromatic heterocycles. The van der Waals surface area contributed by atoms with Crippen LogP contribution in [0.4, 0.5) is 0 Å². The Hall–Kier alpha value is -1.10. The van der Waals surface area contributed by atoms with Gasteiger partial charge in [0.1, 0.15) is 0 Å². The number of nitrogens with zero attached hydrogens (tertiary/aromatic N) is 1. The molecule has 0 aromatic carbocycles. The minimum atomic E-state index is 0.0503. The Bertz CT molecular complexity index is 385. The van der Waals surface area contributed by atoms with Gasteiger partial charge in [0, 0.05) is 31.0 Å². The van der Waals surface area contributed by atoms with E-state index in [0.717, 1.165) is 32.4 Å². The number of amides is 2. The van der Waals surface area contributed by atoms with Crippen molar-refractivity contribution < 1.29 is 9.59 Å². The molecule has 1 saturated carbocycles. The van der Waals surface area contributed by atoms with E-state index in [9.17, 15) is 9.59 Å². The number of rotatable bonds is 6. The fourth-order valence-corrected chi connectivity index (χ4v) is 3.15. The van der Waals surface area contributed by atoms with Crippen LogP contribution in [0.2, 0.25) is 0 Å². The Morgan fingerprint density at radius 2 is 1.62 bits per heavy atom. The molecule has 5 heteroatoms. The van der Waals surface area contributed by atoms with Crippen LogP contribution in [0.3, 0.4) is 0 Å². The number of carbonyl (C=O) groups excluding carboxylic acids is 2. The molecule has 1 unspecified atom stereocenters. The van der Waals surface area contributed by atoms with Crippen molar-refractivity contribution >= 4 is 11.8 Å². The highest BCUT2D eigenvalue weighted by molar-refractivity contribution is 5.79. The summed E-state index contributed by atoms with van der Waals surface area (Å²) < 4.78 is 0. The molecule has 2 rings (SSSR count). The van der Waals surface area contributed by atoms with E-state index in [4.69, 9.17) is 0 Å². The van der Waals surface area contributed by atoms with Crippen LogP contribution < -0.4 is 10.6 Å². The first-order valence-electron chi connectivity index (χ1n) is 8.14. The average molecular weight is 295 g/mol. The molecule has 21 heavy (non-hydrogen) atoms. The molecule has 1 atom stereocenters. The first-order chi connectivity index (χ1) is 9.85. The Morgan fingerprint density at radius 1 is 1.05 bits per heavy atom. The molecule has 1 saturated heterocycles. The molecular formula is C16H29N3O2. The Morgan fingerprint density at radius 3 is 2.14 bits per heavy atom. The van der Waals surface area contributed by atoms with Gasteiger partial charge in [0.2, 0.25) is 11.8 Å². The van der Waals surface area contributed by atoms with Crippen molar-refractivity contribution in [1.29, 1.82) is 0 Å². The highest BCUT2D eigenvalue weighted by Gasteiger charge is 2.33. The molecule has 2 aliphatic rings. The maximum absolute atomic E-state index is 12.1. The van der Waals surface area contributed by atoms with Crippen LogP contribution in [-0.4, -0.2) is 48.9 Å². The quantitative estimate of drug-likeness (QED) is 0.768. The van der Waals surface area contributed by atoms with Gasteiger partial charge in [-0.05, 0) is 32.2 Å². The van der Waals surface area contributed by atoms with E-state index in [1.807, 2.05) is 20.8 Å². The minimum Gasteiger partial charge on any atom is -0.353 e.